The molecule has 0 aliphatic carbocycles. The number of hydrogen-bond acceptors (Lipinski definition) is 1. The number of hydrogen-bond donors (Lipinski definition) is 1. The largest absolute Gasteiger partial charge is 0.322 e. The van der Waals surface area contributed by atoms with Crippen LogP contribution in [0.15, 0.2) is 30.9 Å². The monoisotopic (exact) mass is 211 g/mol. The molecule has 0 aliphatic rings. The minimum Gasteiger partial charge on any atom is -0.322 e. The summed E-state index contributed by atoms with van der Waals surface area (Å²) in [6.45, 7) is 5.01. The molecule has 0 fully saturated rings. The van der Waals surface area contributed by atoms with Gasteiger partial charge in [-0.2, -0.15) is 0 Å². The van der Waals surface area contributed by atoms with Crippen LogP contribution in [0.1, 0.15) is 17.6 Å². The van der Waals surface area contributed by atoms with Gasteiger partial charge < -0.3 is 5.32 Å². The normalized spacial score (nSPS) is 10.1. The lowest BCUT2D eigenvalue weighted by Gasteiger charge is -2.08. The Hall–Kier alpha value is -1.71. The molecule has 0 unspecified atom stereocenters. The van der Waals surface area contributed by atoms with Crippen molar-refractivity contribution in [2.24, 2.45) is 0 Å². The summed E-state index contributed by atoms with van der Waals surface area (Å²) < 4.78 is 24.7. The second-order valence-corrected chi connectivity index (χ2v) is 3.07. The standard InChI is InChI=1S/C11H11F2NO/c1-3-10(15)14-9-6-8(11(12)13)5-4-7(9)2/h3-6,11H,1H2,2H3,(H,14,15). The maximum atomic E-state index is 12.4. The summed E-state index contributed by atoms with van der Waals surface area (Å²) in [6.07, 6.45) is -1.45. The highest BCUT2D eigenvalue weighted by Gasteiger charge is 2.09. The topological polar surface area (TPSA) is 29.1 Å². The second kappa shape index (κ2) is 4.68. The predicted molar refractivity (Wildman–Crippen MR) is 55.0 cm³/mol. The Balaban J connectivity index is 3.00. The molecule has 0 aliphatic heterocycles. The van der Waals surface area contributed by atoms with Gasteiger partial charge in [-0.3, -0.25) is 4.79 Å². The maximum Gasteiger partial charge on any atom is 0.263 e. The predicted octanol–water partition coefficient (Wildman–Crippen LogP) is 3.06. The van der Waals surface area contributed by atoms with E-state index in [1.54, 1.807) is 13.0 Å². The summed E-state index contributed by atoms with van der Waals surface area (Å²) in [5, 5.41) is 2.46. The first kappa shape index (κ1) is 11.4. The van der Waals surface area contributed by atoms with Crippen LogP contribution in [0.25, 0.3) is 0 Å². The molecule has 1 N–H and O–H groups in total. The lowest BCUT2D eigenvalue weighted by atomic mass is 10.1. The van der Waals surface area contributed by atoms with Crippen LogP contribution >= 0.6 is 0 Å². The van der Waals surface area contributed by atoms with E-state index in [0.717, 1.165) is 11.6 Å². The summed E-state index contributed by atoms with van der Waals surface area (Å²) in [4.78, 5) is 11.0. The third kappa shape index (κ3) is 2.87. The Kier molecular flexibility index (Phi) is 3.55. The van der Waals surface area contributed by atoms with E-state index in [2.05, 4.69) is 11.9 Å². The molecule has 80 valence electrons. The molecule has 0 spiro atoms. The first-order valence-electron chi connectivity index (χ1n) is 4.36. The van der Waals surface area contributed by atoms with Crippen molar-refractivity contribution >= 4 is 11.6 Å². The molecule has 0 bridgehead atoms. The number of halogens is 2. The molecule has 1 aromatic rings. The fraction of sp³-hybridized carbons (Fsp3) is 0.182. The maximum absolute atomic E-state index is 12.4. The fourth-order valence-corrected chi connectivity index (χ4v) is 1.09. The molecule has 1 aromatic carbocycles. The lowest BCUT2D eigenvalue weighted by molar-refractivity contribution is -0.111. The van der Waals surface area contributed by atoms with Crippen LogP contribution in [-0.4, -0.2) is 5.91 Å². The summed E-state index contributed by atoms with van der Waals surface area (Å²) in [5.74, 6) is -0.412. The highest BCUT2D eigenvalue weighted by atomic mass is 19.3. The number of carbonyl (C=O) groups is 1. The van der Waals surface area contributed by atoms with E-state index >= 15 is 0 Å². The first-order valence-corrected chi connectivity index (χ1v) is 4.36. The van der Waals surface area contributed by atoms with Crippen molar-refractivity contribution in [3.05, 3.63) is 42.0 Å². The number of aryl methyl sites for hydroxylation is 1. The van der Waals surface area contributed by atoms with Crippen molar-refractivity contribution in [2.45, 2.75) is 13.3 Å². The fourth-order valence-electron chi connectivity index (χ4n) is 1.09. The summed E-state index contributed by atoms with van der Waals surface area (Å²) in [7, 11) is 0. The minimum atomic E-state index is -2.54. The SMILES string of the molecule is C=CC(=O)Nc1cc(C(F)F)ccc1C. The number of anilines is 1. The number of benzene rings is 1. The number of carbonyl (C=O) groups excluding carboxylic acids is 1. The molecule has 4 heteroatoms. The highest BCUT2D eigenvalue weighted by Crippen LogP contribution is 2.24. The highest BCUT2D eigenvalue weighted by molar-refractivity contribution is 5.99. The van der Waals surface area contributed by atoms with Crippen molar-refractivity contribution < 1.29 is 13.6 Å². The molecule has 0 heterocycles. The Morgan fingerprint density at radius 3 is 2.73 bits per heavy atom. The Labute approximate surface area is 86.6 Å². The number of amides is 1. The average molecular weight is 211 g/mol. The molecule has 0 saturated carbocycles. The molecular weight excluding hydrogens is 200 g/mol. The molecule has 0 aromatic heterocycles. The Morgan fingerprint density at radius 2 is 2.20 bits per heavy atom. The van der Waals surface area contributed by atoms with Gasteiger partial charge in [0.15, 0.2) is 0 Å². The van der Waals surface area contributed by atoms with Gasteiger partial charge in [0.2, 0.25) is 5.91 Å². The Morgan fingerprint density at radius 1 is 1.53 bits per heavy atom. The van der Waals surface area contributed by atoms with Gasteiger partial charge in [0.05, 0.1) is 0 Å². The third-order valence-corrected chi connectivity index (χ3v) is 1.96. The second-order valence-electron chi connectivity index (χ2n) is 3.07. The van der Waals surface area contributed by atoms with Crippen molar-refractivity contribution in [3.63, 3.8) is 0 Å². The quantitative estimate of drug-likeness (QED) is 0.765. The lowest BCUT2D eigenvalue weighted by Crippen LogP contribution is -2.08. The number of alkyl halides is 2. The van der Waals surface area contributed by atoms with Crippen molar-refractivity contribution in [1.29, 1.82) is 0 Å². The molecule has 2 nitrogen and oxygen atoms in total. The van der Waals surface area contributed by atoms with Crippen LogP contribution in [0.4, 0.5) is 14.5 Å². The Bertz CT molecular complexity index is 388. The smallest absolute Gasteiger partial charge is 0.263 e. The number of rotatable bonds is 3. The van der Waals surface area contributed by atoms with E-state index in [0.29, 0.717) is 5.69 Å². The summed E-state index contributed by atoms with van der Waals surface area (Å²) >= 11 is 0. The molecule has 0 radical (unpaired) electrons. The zero-order valence-corrected chi connectivity index (χ0v) is 8.26. The van der Waals surface area contributed by atoms with E-state index in [1.165, 1.54) is 12.1 Å². The molecule has 0 saturated heterocycles. The first-order chi connectivity index (χ1) is 7.04. The van der Waals surface area contributed by atoms with E-state index in [1.807, 2.05) is 0 Å². The van der Waals surface area contributed by atoms with Gasteiger partial charge in [-0.05, 0) is 24.6 Å². The molecular formula is C11H11F2NO. The molecule has 0 atom stereocenters. The van der Waals surface area contributed by atoms with Crippen LogP contribution in [0.5, 0.6) is 0 Å². The van der Waals surface area contributed by atoms with Gasteiger partial charge in [0, 0.05) is 11.3 Å². The van der Waals surface area contributed by atoms with E-state index in [9.17, 15) is 13.6 Å². The van der Waals surface area contributed by atoms with Crippen LogP contribution in [0, 0.1) is 6.92 Å². The van der Waals surface area contributed by atoms with Crippen LogP contribution in [0.2, 0.25) is 0 Å². The van der Waals surface area contributed by atoms with Gasteiger partial charge in [0.1, 0.15) is 0 Å². The van der Waals surface area contributed by atoms with Crippen LogP contribution in [0.3, 0.4) is 0 Å². The third-order valence-electron chi connectivity index (χ3n) is 1.96. The van der Waals surface area contributed by atoms with Gasteiger partial charge in [-0.15, -0.1) is 0 Å². The average Bonchev–Trinajstić information content (AvgIpc) is 2.20. The van der Waals surface area contributed by atoms with Crippen molar-refractivity contribution in [3.8, 4) is 0 Å². The molecule has 15 heavy (non-hydrogen) atoms. The van der Waals surface area contributed by atoms with E-state index in [-0.39, 0.29) is 5.56 Å². The van der Waals surface area contributed by atoms with Gasteiger partial charge in [-0.25, -0.2) is 8.78 Å². The zero-order chi connectivity index (χ0) is 11.4. The van der Waals surface area contributed by atoms with Crippen LogP contribution < -0.4 is 5.32 Å². The van der Waals surface area contributed by atoms with E-state index in [4.69, 9.17) is 0 Å². The van der Waals surface area contributed by atoms with Crippen molar-refractivity contribution in [2.75, 3.05) is 5.32 Å². The molecule has 1 rings (SSSR count). The van der Waals surface area contributed by atoms with Crippen molar-refractivity contribution in [1.82, 2.24) is 0 Å². The van der Waals surface area contributed by atoms with Gasteiger partial charge >= 0.3 is 0 Å². The summed E-state index contributed by atoms with van der Waals surface area (Å²) in [5.41, 5.74) is 1.01. The minimum absolute atomic E-state index is 0.111. The zero-order valence-electron chi connectivity index (χ0n) is 8.26. The van der Waals surface area contributed by atoms with E-state index < -0.39 is 12.3 Å². The van der Waals surface area contributed by atoms with Gasteiger partial charge in [-0.1, -0.05) is 18.7 Å². The van der Waals surface area contributed by atoms with Crippen LogP contribution in [-0.2, 0) is 4.79 Å². The molecule has 1 amide bonds. The number of nitrogens with one attached hydrogen (secondary N) is 1. The summed E-state index contributed by atoms with van der Waals surface area (Å²) in [6, 6.07) is 4.14. The van der Waals surface area contributed by atoms with Gasteiger partial charge in [0.25, 0.3) is 6.43 Å².